The Balaban J connectivity index is 2.09. The summed E-state index contributed by atoms with van der Waals surface area (Å²) in [5, 5.41) is 1.93. The number of amidine groups is 1. The van der Waals surface area contributed by atoms with Crippen LogP contribution in [0.5, 0.6) is 0 Å². The molecule has 0 bridgehead atoms. The van der Waals surface area contributed by atoms with E-state index in [1.165, 1.54) is 15.0 Å². The standard InChI is InChI=1S/C16H13ClN2S/c1-10(18)19-14-5-6-15-12(8-14)9-16(20-15)11-3-2-4-13(17)7-11/h2-9H,1H3,(H2,18,19). The second-order valence-corrected chi connectivity index (χ2v) is 6.12. The van der Waals surface area contributed by atoms with Gasteiger partial charge in [0.1, 0.15) is 0 Å². The summed E-state index contributed by atoms with van der Waals surface area (Å²) >= 11 is 7.80. The van der Waals surface area contributed by atoms with Crippen LogP contribution < -0.4 is 5.73 Å². The molecule has 0 fully saturated rings. The second-order valence-electron chi connectivity index (χ2n) is 4.60. The molecule has 0 atom stereocenters. The number of nitrogens with two attached hydrogens (primary N) is 1. The van der Waals surface area contributed by atoms with Gasteiger partial charge in [-0.1, -0.05) is 23.7 Å². The predicted octanol–water partition coefficient (Wildman–Crippen LogP) is 5.23. The van der Waals surface area contributed by atoms with Gasteiger partial charge in [0.15, 0.2) is 0 Å². The fourth-order valence-electron chi connectivity index (χ4n) is 2.09. The third-order valence-electron chi connectivity index (χ3n) is 2.91. The minimum Gasteiger partial charge on any atom is -0.387 e. The summed E-state index contributed by atoms with van der Waals surface area (Å²) in [6, 6.07) is 16.2. The highest BCUT2D eigenvalue weighted by Gasteiger charge is 2.05. The van der Waals surface area contributed by atoms with E-state index in [0.29, 0.717) is 5.84 Å². The van der Waals surface area contributed by atoms with Gasteiger partial charge in [-0.25, -0.2) is 4.99 Å². The van der Waals surface area contributed by atoms with Crippen molar-refractivity contribution in [3.8, 4) is 10.4 Å². The van der Waals surface area contributed by atoms with E-state index >= 15 is 0 Å². The Kier molecular flexibility index (Phi) is 3.47. The highest BCUT2D eigenvalue weighted by Crippen LogP contribution is 2.36. The van der Waals surface area contributed by atoms with Gasteiger partial charge in [0.25, 0.3) is 0 Å². The van der Waals surface area contributed by atoms with Gasteiger partial charge in [0.2, 0.25) is 0 Å². The van der Waals surface area contributed by atoms with Crippen LogP contribution in [-0.2, 0) is 0 Å². The van der Waals surface area contributed by atoms with E-state index in [2.05, 4.69) is 29.3 Å². The first-order chi connectivity index (χ1) is 9.61. The Labute approximate surface area is 126 Å². The molecule has 0 aliphatic carbocycles. The number of rotatable bonds is 2. The van der Waals surface area contributed by atoms with Crippen molar-refractivity contribution >= 4 is 44.5 Å². The number of hydrogen-bond acceptors (Lipinski definition) is 2. The highest BCUT2D eigenvalue weighted by molar-refractivity contribution is 7.22. The smallest absolute Gasteiger partial charge is 0.0964 e. The van der Waals surface area contributed by atoms with Crippen molar-refractivity contribution in [2.24, 2.45) is 10.7 Å². The van der Waals surface area contributed by atoms with Crippen LogP contribution in [0.1, 0.15) is 6.92 Å². The lowest BCUT2D eigenvalue weighted by molar-refractivity contribution is 1.47. The number of nitrogens with zero attached hydrogens (tertiary/aromatic N) is 1. The number of fused-ring (bicyclic) bond motifs is 1. The Hall–Kier alpha value is -1.84. The quantitative estimate of drug-likeness (QED) is 0.511. The fraction of sp³-hybridized carbons (Fsp3) is 0.0625. The number of halogens is 1. The van der Waals surface area contributed by atoms with Gasteiger partial charge in [0, 0.05) is 14.6 Å². The molecule has 2 nitrogen and oxygen atoms in total. The normalized spacial score (nSPS) is 12.0. The number of thiophene rings is 1. The van der Waals surface area contributed by atoms with Crippen LogP contribution in [-0.4, -0.2) is 5.84 Å². The minimum absolute atomic E-state index is 0.564. The van der Waals surface area contributed by atoms with Gasteiger partial charge in [-0.15, -0.1) is 11.3 Å². The van der Waals surface area contributed by atoms with Gasteiger partial charge >= 0.3 is 0 Å². The van der Waals surface area contributed by atoms with E-state index in [1.807, 2.05) is 24.3 Å². The van der Waals surface area contributed by atoms with Crippen molar-refractivity contribution in [3.05, 3.63) is 53.6 Å². The molecular formula is C16H13ClN2S. The topological polar surface area (TPSA) is 38.4 Å². The van der Waals surface area contributed by atoms with E-state index in [4.69, 9.17) is 17.3 Å². The maximum Gasteiger partial charge on any atom is 0.0964 e. The van der Waals surface area contributed by atoms with E-state index in [0.717, 1.165) is 16.3 Å². The Morgan fingerprint density at radius 1 is 1.15 bits per heavy atom. The van der Waals surface area contributed by atoms with Crippen LogP contribution in [0.3, 0.4) is 0 Å². The predicted molar refractivity (Wildman–Crippen MR) is 89.2 cm³/mol. The maximum atomic E-state index is 6.05. The average Bonchev–Trinajstić information content (AvgIpc) is 2.81. The number of aliphatic imine (C=N–C) groups is 1. The molecule has 1 heterocycles. The van der Waals surface area contributed by atoms with Gasteiger partial charge in [-0.3, -0.25) is 0 Å². The third-order valence-corrected chi connectivity index (χ3v) is 4.31. The van der Waals surface area contributed by atoms with Crippen LogP contribution in [0.2, 0.25) is 5.02 Å². The minimum atomic E-state index is 0.564. The number of benzene rings is 2. The lowest BCUT2D eigenvalue weighted by atomic mass is 10.1. The van der Waals surface area contributed by atoms with E-state index in [-0.39, 0.29) is 0 Å². The zero-order valence-corrected chi connectivity index (χ0v) is 12.5. The highest BCUT2D eigenvalue weighted by atomic mass is 35.5. The molecule has 0 saturated carbocycles. The van der Waals surface area contributed by atoms with Gasteiger partial charge in [0.05, 0.1) is 11.5 Å². The molecular weight excluding hydrogens is 288 g/mol. The summed E-state index contributed by atoms with van der Waals surface area (Å²) in [4.78, 5) is 5.49. The van der Waals surface area contributed by atoms with Crippen molar-refractivity contribution in [2.75, 3.05) is 0 Å². The van der Waals surface area contributed by atoms with Crippen molar-refractivity contribution in [3.63, 3.8) is 0 Å². The van der Waals surface area contributed by atoms with E-state index in [1.54, 1.807) is 18.3 Å². The first-order valence-electron chi connectivity index (χ1n) is 6.22. The maximum absolute atomic E-state index is 6.05. The molecule has 0 saturated heterocycles. The van der Waals surface area contributed by atoms with Crippen LogP contribution in [0, 0.1) is 0 Å². The van der Waals surface area contributed by atoms with Crippen molar-refractivity contribution in [2.45, 2.75) is 6.92 Å². The summed E-state index contributed by atoms with van der Waals surface area (Å²) in [5.74, 6) is 0.564. The van der Waals surface area contributed by atoms with E-state index in [9.17, 15) is 0 Å². The largest absolute Gasteiger partial charge is 0.387 e. The Morgan fingerprint density at radius 2 is 2.00 bits per heavy atom. The van der Waals surface area contributed by atoms with Gasteiger partial charge < -0.3 is 5.73 Å². The van der Waals surface area contributed by atoms with Crippen molar-refractivity contribution < 1.29 is 0 Å². The Bertz CT molecular complexity index is 801. The zero-order valence-electron chi connectivity index (χ0n) is 10.9. The summed E-state index contributed by atoms with van der Waals surface area (Å²) in [6.07, 6.45) is 0. The van der Waals surface area contributed by atoms with Crippen molar-refractivity contribution in [1.82, 2.24) is 0 Å². The molecule has 0 aliphatic rings. The number of hydrogen-bond donors (Lipinski definition) is 1. The van der Waals surface area contributed by atoms with Crippen LogP contribution in [0.4, 0.5) is 5.69 Å². The van der Waals surface area contributed by atoms with Crippen LogP contribution in [0.15, 0.2) is 53.5 Å². The van der Waals surface area contributed by atoms with Crippen LogP contribution in [0.25, 0.3) is 20.5 Å². The third kappa shape index (κ3) is 2.69. The van der Waals surface area contributed by atoms with E-state index < -0.39 is 0 Å². The second kappa shape index (κ2) is 5.27. The first-order valence-corrected chi connectivity index (χ1v) is 7.41. The summed E-state index contributed by atoms with van der Waals surface area (Å²) < 4.78 is 1.23. The molecule has 2 N–H and O–H groups in total. The molecule has 0 spiro atoms. The molecule has 1 aromatic heterocycles. The van der Waals surface area contributed by atoms with Crippen molar-refractivity contribution in [1.29, 1.82) is 0 Å². The lowest BCUT2D eigenvalue weighted by Crippen LogP contribution is -2.03. The first kappa shape index (κ1) is 13.2. The fourth-order valence-corrected chi connectivity index (χ4v) is 3.32. The summed E-state index contributed by atoms with van der Waals surface area (Å²) in [6.45, 7) is 1.79. The molecule has 0 aliphatic heterocycles. The Morgan fingerprint density at radius 3 is 2.75 bits per heavy atom. The molecule has 3 aromatic rings. The van der Waals surface area contributed by atoms with Crippen LogP contribution >= 0.6 is 22.9 Å². The lowest BCUT2D eigenvalue weighted by Gasteiger charge is -1.96. The molecule has 2 aromatic carbocycles. The SMILES string of the molecule is CC(N)=Nc1ccc2sc(-c3cccc(Cl)c3)cc2c1. The van der Waals surface area contributed by atoms with Gasteiger partial charge in [-0.05, 0) is 54.3 Å². The summed E-state index contributed by atoms with van der Waals surface area (Å²) in [5.41, 5.74) is 7.64. The molecule has 0 amide bonds. The molecule has 20 heavy (non-hydrogen) atoms. The molecule has 3 rings (SSSR count). The summed E-state index contributed by atoms with van der Waals surface area (Å²) in [7, 11) is 0. The monoisotopic (exact) mass is 300 g/mol. The molecule has 100 valence electrons. The molecule has 4 heteroatoms. The van der Waals surface area contributed by atoms with Gasteiger partial charge in [-0.2, -0.15) is 0 Å². The zero-order chi connectivity index (χ0) is 14.1. The average molecular weight is 301 g/mol. The molecule has 0 unspecified atom stereocenters. The molecule has 0 radical (unpaired) electrons.